The molecule has 1 rings (SSSR count). The minimum absolute atomic E-state index is 0.0791. The van der Waals surface area contributed by atoms with E-state index in [-0.39, 0.29) is 24.4 Å². The standard InChI is InChI=1S/C17H27N3O2/c1-6-20(13(4)12(2)3)17(22)19-15-10-8-7-9-14(15)11-16(21)18-5/h7-10,12-13H,6,11H2,1-5H3,(H,18,21)(H,19,22)/t13-/m0/s1. The van der Waals surface area contributed by atoms with E-state index in [4.69, 9.17) is 0 Å². The molecule has 0 saturated heterocycles. The maximum absolute atomic E-state index is 12.5. The number of likely N-dealkylation sites (N-methyl/N-ethyl adjacent to an activating group) is 1. The topological polar surface area (TPSA) is 61.4 Å². The summed E-state index contributed by atoms with van der Waals surface area (Å²) in [5.41, 5.74) is 1.49. The quantitative estimate of drug-likeness (QED) is 0.849. The van der Waals surface area contributed by atoms with E-state index in [9.17, 15) is 9.59 Å². The summed E-state index contributed by atoms with van der Waals surface area (Å²) in [6.45, 7) is 8.85. The molecule has 0 aromatic heterocycles. The summed E-state index contributed by atoms with van der Waals surface area (Å²) in [7, 11) is 1.60. The monoisotopic (exact) mass is 305 g/mol. The van der Waals surface area contributed by atoms with Crippen LogP contribution >= 0.6 is 0 Å². The molecule has 2 N–H and O–H groups in total. The zero-order valence-corrected chi connectivity index (χ0v) is 14.1. The van der Waals surface area contributed by atoms with Gasteiger partial charge in [-0.05, 0) is 31.4 Å². The molecule has 0 aliphatic rings. The van der Waals surface area contributed by atoms with Gasteiger partial charge in [-0.2, -0.15) is 0 Å². The smallest absolute Gasteiger partial charge is 0.322 e. The number of urea groups is 1. The molecule has 0 heterocycles. The minimum atomic E-state index is -0.131. The van der Waals surface area contributed by atoms with Crippen molar-refractivity contribution in [3.8, 4) is 0 Å². The number of nitrogens with zero attached hydrogens (tertiary/aromatic N) is 1. The molecule has 0 fully saturated rings. The Labute approximate surface area is 133 Å². The highest BCUT2D eigenvalue weighted by Gasteiger charge is 2.21. The van der Waals surface area contributed by atoms with E-state index in [2.05, 4.69) is 24.5 Å². The van der Waals surface area contributed by atoms with Crippen LogP contribution < -0.4 is 10.6 Å². The lowest BCUT2D eigenvalue weighted by atomic mass is 10.1. The predicted octanol–water partition coefficient (Wildman–Crippen LogP) is 2.87. The molecule has 0 saturated carbocycles. The first-order chi connectivity index (χ1) is 10.4. The van der Waals surface area contributed by atoms with Crippen molar-refractivity contribution in [2.75, 3.05) is 18.9 Å². The fraction of sp³-hybridized carbons (Fsp3) is 0.529. The van der Waals surface area contributed by atoms with E-state index in [1.165, 1.54) is 0 Å². The lowest BCUT2D eigenvalue weighted by molar-refractivity contribution is -0.119. The number of nitrogens with one attached hydrogen (secondary N) is 2. The molecule has 1 aromatic rings. The first-order valence-corrected chi connectivity index (χ1v) is 7.76. The Morgan fingerprint density at radius 1 is 1.18 bits per heavy atom. The van der Waals surface area contributed by atoms with Crippen molar-refractivity contribution in [1.82, 2.24) is 10.2 Å². The van der Waals surface area contributed by atoms with Crippen molar-refractivity contribution in [2.45, 2.75) is 40.2 Å². The Balaban J connectivity index is 2.89. The number of benzene rings is 1. The van der Waals surface area contributed by atoms with Crippen LogP contribution in [0.25, 0.3) is 0 Å². The summed E-state index contributed by atoms with van der Waals surface area (Å²) in [5.74, 6) is 0.302. The Kier molecular flexibility index (Phi) is 6.89. The van der Waals surface area contributed by atoms with Gasteiger partial charge in [-0.1, -0.05) is 32.0 Å². The van der Waals surface area contributed by atoms with Crippen LogP contribution in [-0.2, 0) is 11.2 Å². The molecular formula is C17H27N3O2. The van der Waals surface area contributed by atoms with Gasteiger partial charge in [0.15, 0.2) is 0 Å². The zero-order chi connectivity index (χ0) is 16.7. The number of rotatable bonds is 6. The molecule has 1 aromatic carbocycles. The second kappa shape index (κ2) is 8.41. The van der Waals surface area contributed by atoms with Gasteiger partial charge in [0.2, 0.25) is 5.91 Å². The van der Waals surface area contributed by atoms with Gasteiger partial charge >= 0.3 is 6.03 Å². The Bertz CT molecular complexity index is 514. The van der Waals surface area contributed by atoms with Gasteiger partial charge in [0, 0.05) is 25.3 Å². The molecule has 0 unspecified atom stereocenters. The number of anilines is 1. The van der Waals surface area contributed by atoms with Gasteiger partial charge in [-0.25, -0.2) is 4.79 Å². The average molecular weight is 305 g/mol. The molecular weight excluding hydrogens is 278 g/mol. The van der Waals surface area contributed by atoms with Gasteiger partial charge in [0.25, 0.3) is 0 Å². The van der Waals surface area contributed by atoms with Crippen LogP contribution in [0.2, 0.25) is 0 Å². The number of para-hydroxylation sites is 1. The summed E-state index contributed by atoms with van der Waals surface area (Å²) >= 11 is 0. The molecule has 0 spiro atoms. The van der Waals surface area contributed by atoms with E-state index in [1.54, 1.807) is 11.9 Å². The van der Waals surface area contributed by atoms with Crippen molar-refractivity contribution in [3.05, 3.63) is 29.8 Å². The predicted molar refractivity (Wildman–Crippen MR) is 89.9 cm³/mol. The fourth-order valence-corrected chi connectivity index (χ4v) is 2.22. The molecule has 3 amide bonds. The van der Waals surface area contributed by atoms with Gasteiger partial charge in [0.1, 0.15) is 0 Å². The molecule has 122 valence electrons. The Hall–Kier alpha value is -2.04. The molecule has 0 aliphatic heterocycles. The van der Waals surface area contributed by atoms with Gasteiger partial charge in [-0.3, -0.25) is 4.79 Å². The highest BCUT2D eigenvalue weighted by Crippen LogP contribution is 2.18. The summed E-state index contributed by atoms with van der Waals surface area (Å²) in [6.07, 6.45) is 0.249. The molecule has 0 aliphatic carbocycles. The highest BCUT2D eigenvalue weighted by molar-refractivity contribution is 5.91. The maximum atomic E-state index is 12.5. The van der Waals surface area contributed by atoms with E-state index in [1.807, 2.05) is 38.1 Å². The van der Waals surface area contributed by atoms with Crippen molar-refractivity contribution >= 4 is 17.6 Å². The highest BCUT2D eigenvalue weighted by atomic mass is 16.2. The molecule has 0 radical (unpaired) electrons. The Morgan fingerprint density at radius 2 is 1.82 bits per heavy atom. The van der Waals surface area contributed by atoms with Crippen LogP contribution in [0.15, 0.2) is 24.3 Å². The van der Waals surface area contributed by atoms with E-state index >= 15 is 0 Å². The van der Waals surface area contributed by atoms with Crippen molar-refractivity contribution in [3.63, 3.8) is 0 Å². The number of hydrogen-bond acceptors (Lipinski definition) is 2. The largest absolute Gasteiger partial charge is 0.359 e. The third kappa shape index (κ3) is 4.76. The van der Waals surface area contributed by atoms with Crippen LogP contribution in [0.3, 0.4) is 0 Å². The lowest BCUT2D eigenvalue weighted by Crippen LogP contribution is -2.43. The first kappa shape index (κ1) is 18.0. The average Bonchev–Trinajstić information content (AvgIpc) is 2.49. The molecule has 0 bridgehead atoms. The molecule has 5 heteroatoms. The SMILES string of the molecule is CCN(C(=O)Nc1ccccc1CC(=O)NC)[C@@H](C)C(C)C. The summed E-state index contributed by atoms with van der Waals surface area (Å²) in [5, 5.41) is 5.53. The number of hydrogen-bond donors (Lipinski definition) is 2. The van der Waals surface area contributed by atoms with Crippen molar-refractivity contribution in [2.24, 2.45) is 5.92 Å². The third-order valence-electron chi connectivity index (χ3n) is 3.95. The number of carbonyl (C=O) groups is 2. The lowest BCUT2D eigenvalue weighted by Gasteiger charge is -2.31. The van der Waals surface area contributed by atoms with Crippen LogP contribution in [0.1, 0.15) is 33.3 Å². The van der Waals surface area contributed by atoms with Crippen LogP contribution in [-0.4, -0.2) is 36.5 Å². The number of carbonyl (C=O) groups excluding carboxylic acids is 2. The minimum Gasteiger partial charge on any atom is -0.359 e. The molecule has 5 nitrogen and oxygen atoms in total. The fourth-order valence-electron chi connectivity index (χ4n) is 2.22. The van der Waals surface area contributed by atoms with Crippen LogP contribution in [0, 0.1) is 5.92 Å². The zero-order valence-electron chi connectivity index (χ0n) is 14.1. The molecule has 22 heavy (non-hydrogen) atoms. The summed E-state index contributed by atoms with van der Waals surface area (Å²) in [4.78, 5) is 25.9. The normalized spacial score (nSPS) is 11.9. The van der Waals surface area contributed by atoms with Gasteiger partial charge in [-0.15, -0.1) is 0 Å². The second-order valence-corrected chi connectivity index (χ2v) is 5.71. The van der Waals surface area contributed by atoms with Crippen LogP contribution in [0.5, 0.6) is 0 Å². The van der Waals surface area contributed by atoms with E-state index in [0.717, 1.165) is 5.56 Å². The first-order valence-electron chi connectivity index (χ1n) is 7.76. The van der Waals surface area contributed by atoms with Gasteiger partial charge in [0.05, 0.1) is 6.42 Å². The third-order valence-corrected chi connectivity index (χ3v) is 3.95. The van der Waals surface area contributed by atoms with E-state index < -0.39 is 0 Å². The van der Waals surface area contributed by atoms with Crippen molar-refractivity contribution in [1.29, 1.82) is 0 Å². The summed E-state index contributed by atoms with van der Waals surface area (Å²) in [6, 6.07) is 7.41. The van der Waals surface area contributed by atoms with Crippen molar-refractivity contribution < 1.29 is 9.59 Å². The number of amides is 3. The Morgan fingerprint density at radius 3 is 2.36 bits per heavy atom. The molecule has 1 atom stereocenters. The summed E-state index contributed by atoms with van der Waals surface area (Å²) < 4.78 is 0. The van der Waals surface area contributed by atoms with Gasteiger partial charge < -0.3 is 15.5 Å². The van der Waals surface area contributed by atoms with E-state index in [0.29, 0.717) is 18.2 Å². The second-order valence-electron chi connectivity index (χ2n) is 5.71. The van der Waals surface area contributed by atoms with Crippen LogP contribution in [0.4, 0.5) is 10.5 Å². The maximum Gasteiger partial charge on any atom is 0.322 e.